The number of para-hydroxylation sites is 1. The Kier molecular flexibility index (Phi) is 2.83. The van der Waals surface area contributed by atoms with Gasteiger partial charge in [-0.3, -0.25) is 19.9 Å². The van der Waals surface area contributed by atoms with Gasteiger partial charge in [0.2, 0.25) is 5.91 Å². The summed E-state index contributed by atoms with van der Waals surface area (Å²) in [5.74, 6) is -0.624. The zero-order valence-electron chi connectivity index (χ0n) is 11.9. The van der Waals surface area contributed by atoms with Gasteiger partial charge >= 0.3 is 0 Å². The van der Waals surface area contributed by atoms with E-state index in [1.807, 2.05) is 12.1 Å². The quantitative estimate of drug-likeness (QED) is 0.604. The van der Waals surface area contributed by atoms with Gasteiger partial charge in [-0.15, -0.1) is 0 Å². The predicted octanol–water partition coefficient (Wildman–Crippen LogP) is 1.06. The summed E-state index contributed by atoms with van der Waals surface area (Å²) >= 11 is 0. The van der Waals surface area contributed by atoms with Gasteiger partial charge in [0.25, 0.3) is 5.91 Å². The van der Waals surface area contributed by atoms with Crippen molar-refractivity contribution in [2.75, 3.05) is 17.2 Å². The second-order valence-electron chi connectivity index (χ2n) is 5.60. The van der Waals surface area contributed by atoms with E-state index in [0.29, 0.717) is 11.2 Å². The number of benzene rings is 1. The Morgan fingerprint density at radius 3 is 2.81 bits per heavy atom. The SMILES string of the molecule is CC1(C)C(=O)NC(=O)CN1c1ccnc2c(N)cccc12. The van der Waals surface area contributed by atoms with Gasteiger partial charge in [0, 0.05) is 17.3 Å². The minimum Gasteiger partial charge on any atom is -0.397 e. The highest BCUT2D eigenvalue weighted by Gasteiger charge is 2.41. The molecule has 2 heterocycles. The third-order valence-corrected chi connectivity index (χ3v) is 3.86. The number of nitrogens with zero attached hydrogens (tertiary/aromatic N) is 2. The summed E-state index contributed by atoms with van der Waals surface area (Å²) < 4.78 is 0. The number of nitrogens with two attached hydrogens (primary N) is 1. The Labute approximate surface area is 121 Å². The maximum absolute atomic E-state index is 12.1. The molecular weight excluding hydrogens is 268 g/mol. The molecule has 0 spiro atoms. The smallest absolute Gasteiger partial charge is 0.251 e. The Bertz CT molecular complexity index is 754. The molecule has 21 heavy (non-hydrogen) atoms. The lowest BCUT2D eigenvalue weighted by Gasteiger charge is -2.42. The summed E-state index contributed by atoms with van der Waals surface area (Å²) in [7, 11) is 0. The number of nitrogens with one attached hydrogen (secondary N) is 1. The first-order valence-electron chi connectivity index (χ1n) is 6.66. The maximum Gasteiger partial charge on any atom is 0.251 e. The van der Waals surface area contributed by atoms with Crippen molar-refractivity contribution in [3.63, 3.8) is 0 Å². The lowest BCUT2D eigenvalue weighted by molar-refractivity contribution is -0.135. The number of anilines is 2. The van der Waals surface area contributed by atoms with Crippen molar-refractivity contribution in [3.05, 3.63) is 30.5 Å². The number of imide groups is 1. The van der Waals surface area contributed by atoms with Crippen LogP contribution in [0.4, 0.5) is 11.4 Å². The number of pyridine rings is 1. The molecule has 3 rings (SSSR count). The number of carbonyl (C=O) groups excluding carboxylic acids is 2. The topological polar surface area (TPSA) is 88.3 Å². The molecule has 1 aliphatic rings. The molecule has 0 unspecified atom stereocenters. The summed E-state index contributed by atoms with van der Waals surface area (Å²) in [4.78, 5) is 29.9. The minimum atomic E-state index is -0.827. The van der Waals surface area contributed by atoms with Crippen molar-refractivity contribution >= 4 is 34.1 Å². The average molecular weight is 284 g/mol. The van der Waals surface area contributed by atoms with Gasteiger partial charge in [0.1, 0.15) is 5.54 Å². The molecule has 1 saturated heterocycles. The van der Waals surface area contributed by atoms with Crippen LogP contribution in [0.1, 0.15) is 13.8 Å². The molecule has 0 radical (unpaired) electrons. The van der Waals surface area contributed by atoms with Gasteiger partial charge in [0.05, 0.1) is 17.7 Å². The fourth-order valence-electron chi connectivity index (χ4n) is 2.59. The van der Waals surface area contributed by atoms with Crippen molar-refractivity contribution < 1.29 is 9.59 Å². The normalized spacial score (nSPS) is 17.9. The van der Waals surface area contributed by atoms with Crippen LogP contribution >= 0.6 is 0 Å². The van der Waals surface area contributed by atoms with Crippen LogP contribution in [0.5, 0.6) is 0 Å². The van der Waals surface area contributed by atoms with Crippen LogP contribution in [-0.4, -0.2) is 28.9 Å². The molecule has 2 amide bonds. The van der Waals surface area contributed by atoms with Crippen LogP contribution in [-0.2, 0) is 9.59 Å². The first-order valence-corrected chi connectivity index (χ1v) is 6.66. The van der Waals surface area contributed by atoms with E-state index >= 15 is 0 Å². The minimum absolute atomic E-state index is 0.118. The Morgan fingerprint density at radius 2 is 2.05 bits per heavy atom. The maximum atomic E-state index is 12.1. The van der Waals surface area contributed by atoms with Crippen LogP contribution in [0.2, 0.25) is 0 Å². The van der Waals surface area contributed by atoms with Crippen molar-refractivity contribution in [2.24, 2.45) is 0 Å². The number of carbonyl (C=O) groups is 2. The summed E-state index contributed by atoms with van der Waals surface area (Å²) in [6.45, 7) is 3.69. The van der Waals surface area contributed by atoms with Gasteiger partial charge in [-0.25, -0.2) is 0 Å². The highest BCUT2D eigenvalue weighted by molar-refractivity contribution is 6.09. The monoisotopic (exact) mass is 284 g/mol. The number of hydrogen-bond donors (Lipinski definition) is 2. The van der Waals surface area contributed by atoms with E-state index in [9.17, 15) is 9.59 Å². The third-order valence-electron chi connectivity index (χ3n) is 3.86. The highest BCUT2D eigenvalue weighted by atomic mass is 16.2. The number of aromatic nitrogens is 1. The van der Waals surface area contributed by atoms with E-state index in [4.69, 9.17) is 5.73 Å². The summed E-state index contributed by atoms with van der Waals surface area (Å²) in [6.07, 6.45) is 1.64. The third kappa shape index (κ3) is 1.99. The van der Waals surface area contributed by atoms with Gasteiger partial charge in [-0.05, 0) is 26.0 Å². The molecule has 0 aliphatic carbocycles. The van der Waals surface area contributed by atoms with Gasteiger partial charge in [-0.2, -0.15) is 0 Å². The summed E-state index contributed by atoms with van der Waals surface area (Å²) in [6, 6.07) is 7.30. The van der Waals surface area contributed by atoms with Crippen LogP contribution in [0.3, 0.4) is 0 Å². The second-order valence-corrected chi connectivity index (χ2v) is 5.60. The molecule has 3 N–H and O–H groups in total. The molecule has 2 aromatic rings. The van der Waals surface area contributed by atoms with Crippen molar-refractivity contribution in [3.8, 4) is 0 Å². The lowest BCUT2D eigenvalue weighted by Crippen LogP contribution is -2.64. The first kappa shape index (κ1) is 13.4. The molecule has 0 bridgehead atoms. The number of fused-ring (bicyclic) bond motifs is 1. The van der Waals surface area contributed by atoms with Crippen LogP contribution in [0, 0.1) is 0 Å². The van der Waals surface area contributed by atoms with E-state index in [1.54, 1.807) is 37.1 Å². The molecule has 1 aromatic heterocycles. The number of piperazine rings is 1. The fourth-order valence-corrected chi connectivity index (χ4v) is 2.59. The van der Waals surface area contributed by atoms with E-state index in [0.717, 1.165) is 11.1 Å². The number of rotatable bonds is 1. The van der Waals surface area contributed by atoms with Crippen molar-refractivity contribution in [2.45, 2.75) is 19.4 Å². The molecule has 0 saturated carbocycles. The first-order chi connectivity index (χ1) is 9.91. The number of hydrogen-bond acceptors (Lipinski definition) is 5. The standard InChI is InChI=1S/C15H16N4O2/c1-15(2)14(21)18-12(20)8-19(15)11-6-7-17-13-9(11)4-3-5-10(13)16/h3-7H,8,16H2,1-2H3,(H,18,20,21). The number of nitrogen functional groups attached to an aromatic ring is 1. The van der Waals surface area contributed by atoms with Crippen LogP contribution < -0.4 is 16.0 Å². The molecule has 6 heteroatoms. The Morgan fingerprint density at radius 1 is 1.29 bits per heavy atom. The average Bonchev–Trinajstić information content (AvgIpc) is 2.43. The highest BCUT2D eigenvalue weighted by Crippen LogP contribution is 2.33. The zero-order valence-corrected chi connectivity index (χ0v) is 11.9. The predicted molar refractivity (Wildman–Crippen MR) is 80.7 cm³/mol. The van der Waals surface area contributed by atoms with Crippen LogP contribution in [0.15, 0.2) is 30.5 Å². The molecular formula is C15H16N4O2. The fraction of sp³-hybridized carbons (Fsp3) is 0.267. The van der Waals surface area contributed by atoms with Gasteiger partial charge in [0.15, 0.2) is 0 Å². The van der Waals surface area contributed by atoms with E-state index in [2.05, 4.69) is 10.3 Å². The molecule has 1 aromatic carbocycles. The molecule has 1 aliphatic heterocycles. The summed E-state index contributed by atoms with van der Waals surface area (Å²) in [5, 5.41) is 3.20. The summed E-state index contributed by atoms with van der Waals surface area (Å²) in [5.41, 5.74) is 7.14. The van der Waals surface area contributed by atoms with Gasteiger partial charge in [-0.1, -0.05) is 12.1 Å². The van der Waals surface area contributed by atoms with E-state index in [-0.39, 0.29) is 18.4 Å². The largest absolute Gasteiger partial charge is 0.397 e. The molecule has 0 atom stereocenters. The van der Waals surface area contributed by atoms with Crippen molar-refractivity contribution in [1.29, 1.82) is 0 Å². The Balaban J connectivity index is 2.22. The van der Waals surface area contributed by atoms with E-state index in [1.165, 1.54) is 0 Å². The van der Waals surface area contributed by atoms with Crippen molar-refractivity contribution in [1.82, 2.24) is 10.3 Å². The zero-order chi connectivity index (χ0) is 15.2. The lowest BCUT2D eigenvalue weighted by atomic mass is 9.96. The second kappa shape index (κ2) is 4.44. The molecule has 1 fully saturated rings. The van der Waals surface area contributed by atoms with Crippen LogP contribution in [0.25, 0.3) is 10.9 Å². The number of amides is 2. The molecule has 6 nitrogen and oxygen atoms in total. The Hall–Kier alpha value is -2.63. The molecule has 108 valence electrons. The van der Waals surface area contributed by atoms with E-state index < -0.39 is 5.54 Å². The van der Waals surface area contributed by atoms with Gasteiger partial charge < -0.3 is 10.6 Å².